The number of nitrogens with zero attached hydrogens (tertiary/aromatic N) is 3. The normalized spacial score (nSPS) is 20.3. The van der Waals surface area contributed by atoms with Crippen LogP contribution in [0, 0.1) is 0 Å². The Bertz CT molecular complexity index is 577. The molecular formula is C13H17ClN4S. The Balaban J connectivity index is 1.79. The summed E-state index contributed by atoms with van der Waals surface area (Å²) in [4.78, 5) is 1.43. The first-order chi connectivity index (χ1) is 9.15. The maximum Gasteiger partial charge on any atom is 0.149 e. The number of aromatic nitrogens is 3. The molecule has 6 heteroatoms. The second-order valence-electron chi connectivity index (χ2n) is 5.06. The summed E-state index contributed by atoms with van der Waals surface area (Å²) in [6.45, 7) is 2.13. The topological polar surface area (TPSA) is 42.7 Å². The third kappa shape index (κ3) is 2.55. The highest BCUT2D eigenvalue weighted by Crippen LogP contribution is 2.38. The first-order valence-electron chi connectivity index (χ1n) is 6.53. The summed E-state index contributed by atoms with van der Waals surface area (Å²) in [6, 6.07) is 2.67. The summed E-state index contributed by atoms with van der Waals surface area (Å²) < 4.78 is 2.85. The number of hydrogen-bond donors (Lipinski definition) is 1. The maximum atomic E-state index is 6.14. The standard InChI is InChI=1S/C13H17ClN4S/c1-8(13-17-15-7-18(13)2)16-10-4-3-5-11-9(10)6-12(14)19-11/h6-8,10,16H,3-5H2,1-2H3. The average Bonchev–Trinajstić information content (AvgIpc) is 2.94. The van der Waals surface area contributed by atoms with E-state index in [1.54, 1.807) is 17.7 Å². The number of rotatable bonds is 3. The van der Waals surface area contributed by atoms with Gasteiger partial charge in [0, 0.05) is 18.0 Å². The van der Waals surface area contributed by atoms with Crippen LogP contribution in [-0.4, -0.2) is 14.8 Å². The Morgan fingerprint density at radius 3 is 3.16 bits per heavy atom. The van der Waals surface area contributed by atoms with Gasteiger partial charge < -0.3 is 9.88 Å². The lowest BCUT2D eigenvalue weighted by molar-refractivity contribution is 0.403. The predicted octanol–water partition coefficient (Wildman–Crippen LogP) is 3.26. The van der Waals surface area contributed by atoms with Crippen molar-refractivity contribution in [2.45, 2.75) is 38.3 Å². The van der Waals surface area contributed by atoms with Crippen LogP contribution in [0.2, 0.25) is 4.34 Å². The lowest BCUT2D eigenvalue weighted by atomic mass is 9.93. The van der Waals surface area contributed by atoms with Crippen LogP contribution >= 0.6 is 22.9 Å². The Kier molecular flexibility index (Phi) is 3.60. The number of nitrogens with one attached hydrogen (secondary N) is 1. The van der Waals surface area contributed by atoms with Gasteiger partial charge in [-0.2, -0.15) is 0 Å². The van der Waals surface area contributed by atoms with Gasteiger partial charge in [-0.3, -0.25) is 0 Å². The van der Waals surface area contributed by atoms with Crippen LogP contribution in [0.5, 0.6) is 0 Å². The van der Waals surface area contributed by atoms with Gasteiger partial charge in [-0.05, 0) is 37.8 Å². The summed E-state index contributed by atoms with van der Waals surface area (Å²) in [7, 11) is 1.97. The van der Waals surface area contributed by atoms with Crippen molar-refractivity contribution in [1.82, 2.24) is 20.1 Å². The number of hydrogen-bond acceptors (Lipinski definition) is 4. The highest BCUT2D eigenvalue weighted by Gasteiger charge is 2.25. The first-order valence-corrected chi connectivity index (χ1v) is 7.72. The molecule has 0 aromatic carbocycles. The molecule has 0 saturated carbocycles. The molecule has 2 atom stereocenters. The van der Waals surface area contributed by atoms with Crippen molar-refractivity contribution < 1.29 is 0 Å². The molecule has 0 amide bonds. The van der Waals surface area contributed by atoms with E-state index < -0.39 is 0 Å². The fourth-order valence-corrected chi connectivity index (χ4v) is 4.14. The van der Waals surface area contributed by atoms with E-state index in [9.17, 15) is 0 Å². The van der Waals surface area contributed by atoms with E-state index in [0.29, 0.717) is 6.04 Å². The molecule has 2 aromatic heterocycles. The molecule has 0 aliphatic heterocycles. The van der Waals surface area contributed by atoms with Crippen LogP contribution in [0.25, 0.3) is 0 Å². The third-order valence-electron chi connectivity index (χ3n) is 3.67. The zero-order chi connectivity index (χ0) is 13.4. The van der Waals surface area contributed by atoms with Crippen molar-refractivity contribution in [3.05, 3.63) is 33.0 Å². The summed E-state index contributed by atoms with van der Waals surface area (Å²) in [5, 5.41) is 11.8. The molecule has 2 unspecified atom stereocenters. The van der Waals surface area contributed by atoms with Gasteiger partial charge in [-0.1, -0.05) is 11.6 Å². The quantitative estimate of drug-likeness (QED) is 0.945. The summed E-state index contributed by atoms with van der Waals surface area (Å²) >= 11 is 7.86. The number of aryl methyl sites for hydroxylation is 2. The Morgan fingerprint density at radius 1 is 1.58 bits per heavy atom. The van der Waals surface area contributed by atoms with Gasteiger partial charge in [0.2, 0.25) is 0 Å². The zero-order valence-corrected chi connectivity index (χ0v) is 12.6. The van der Waals surface area contributed by atoms with Gasteiger partial charge >= 0.3 is 0 Å². The van der Waals surface area contributed by atoms with E-state index in [4.69, 9.17) is 11.6 Å². The second kappa shape index (κ2) is 5.23. The van der Waals surface area contributed by atoms with Gasteiger partial charge in [0.25, 0.3) is 0 Å². The Morgan fingerprint density at radius 2 is 2.42 bits per heavy atom. The average molecular weight is 297 g/mol. The van der Waals surface area contributed by atoms with Crippen LogP contribution < -0.4 is 5.32 Å². The fourth-order valence-electron chi connectivity index (χ4n) is 2.75. The first kappa shape index (κ1) is 13.1. The molecule has 2 heterocycles. The van der Waals surface area contributed by atoms with Crippen LogP contribution in [0.15, 0.2) is 12.4 Å². The smallest absolute Gasteiger partial charge is 0.149 e. The van der Waals surface area contributed by atoms with E-state index >= 15 is 0 Å². The number of thiophene rings is 1. The van der Waals surface area contributed by atoms with E-state index in [0.717, 1.165) is 23.0 Å². The van der Waals surface area contributed by atoms with Crippen LogP contribution in [0.4, 0.5) is 0 Å². The monoisotopic (exact) mass is 296 g/mol. The van der Waals surface area contributed by atoms with Gasteiger partial charge in [0.05, 0.1) is 10.4 Å². The lowest BCUT2D eigenvalue weighted by Gasteiger charge is -2.26. The van der Waals surface area contributed by atoms with Gasteiger partial charge in [-0.15, -0.1) is 21.5 Å². The third-order valence-corrected chi connectivity index (χ3v) is 5.01. The predicted molar refractivity (Wildman–Crippen MR) is 77.6 cm³/mol. The molecule has 1 aliphatic rings. The Hall–Kier alpha value is -0.910. The maximum absolute atomic E-state index is 6.14. The number of halogens is 1. The molecule has 19 heavy (non-hydrogen) atoms. The molecule has 0 saturated heterocycles. The molecule has 2 aromatic rings. The fraction of sp³-hybridized carbons (Fsp3) is 0.538. The highest BCUT2D eigenvalue weighted by molar-refractivity contribution is 7.16. The summed E-state index contributed by atoms with van der Waals surface area (Å²) in [5.74, 6) is 0.966. The Labute approximate surface area is 121 Å². The molecule has 0 fully saturated rings. The molecule has 0 spiro atoms. The van der Waals surface area contributed by atoms with Crippen LogP contribution in [0.1, 0.15) is 48.1 Å². The lowest BCUT2D eigenvalue weighted by Crippen LogP contribution is -2.28. The summed E-state index contributed by atoms with van der Waals surface area (Å²) in [5.41, 5.74) is 1.37. The largest absolute Gasteiger partial charge is 0.319 e. The van der Waals surface area contributed by atoms with Crippen LogP contribution in [0.3, 0.4) is 0 Å². The van der Waals surface area contributed by atoms with Crippen molar-refractivity contribution in [3.63, 3.8) is 0 Å². The van der Waals surface area contributed by atoms with E-state index in [2.05, 4.69) is 28.5 Å². The van der Waals surface area contributed by atoms with E-state index in [-0.39, 0.29) is 6.04 Å². The highest BCUT2D eigenvalue weighted by atomic mass is 35.5. The SMILES string of the molecule is CC(NC1CCCc2sc(Cl)cc21)c1nncn1C. The minimum Gasteiger partial charge on any atom is -0.319 e. The minimum absolute atomic E-state index is 0.183. The molecular weight excluding hydrogens is 280 g/mol. The van der Waals surface area contributed by atoms with Crippen LogP contribution in [-0.2, 0) is 13.5 Å². The van der Waals surface area contributed by atoms with Gasteiger partial charge in [0.1, 0.15) is 12.2 Å². The summed E-state index contributed by atoms with van der Waals surface area (Å²) in [6.07, 6.45) is 5.26. The van der Waals surface area contributed by atoms with Crippen molar-refractivity contribution in [3.8, 4) is 0 Å². The number of fused-ring (bicyclic) bond motifs is 1. The molecule has 0 bridgehead atoms. The van der Waals surface area contributed by atoms with E-state index in [1.807, 2.05) is 11.6 Å². The van der Waals surface area contributed by atoms with Crippen molar-refractivity contribution >= 4 is 22.9 Å². The second-order valence-corrected chi connectivity index (χ2v) is 6.83. The molecule has 102 valence electrons. The molecule has 1 N–H and O–H groups in total. The zero-order valence-electron chi connectivity index (χ0n) is 11.1. The molecule has 3 rings (SSSR count). The van der Waals surface area contributed by atoms with Crippen molar-refractivity contribution in [1.29, 1.82) is 0 Å². The molecule has 4 nitrogen and oxygen atoms in total. The molecule has 1 aliphatic carbocycles. The van der Waals surface area contributed by atoms with Gasteiger partial charge in [0.15, 0.2) is 0 Å². The minimum atomic E-state index is 0.183. The van der Waals surface area contributed by atoms with Gasteiger partial charge in [-0.25, -0.2) is 0 Å². The van der Waals surface area contributed by atoms with Crippen molar-refractivity contribution in [2.24, 2.45) is 7.05 Å². The van der Waals surface area contributed by atoms with E-state index in [1.165, 1.54) is 16.9 Å². The molecule has 0 radical (unpaired) electrons. The van der Waals surface area contributed by atoms with Crippen molar-refractivity contribution in [2.75, 3.05) is 0 Å².